The monoisotopic (exact) mass is 191 g/mol. The largest absolute Gasteiger partial charge is 0.381 e. The number of rotatable bonds is 3. The fourth-order valence-electron chi connectivity index (χ4n) is 1.26. The molecule has 72 valence electrons. The Morgan fingerprint density at radius 1 is 1.67 bits per heavy atom. The van der Waals surface area contributed by atoms with Gasteiger partial charge in [0.2, 0.25) is 0 Å². The van der Waals surface area contributed by atoms with Crippen molar-refractivity contribution in [3.05, 3.63) is 0 Å². The fourth-order valence-corrected chi connectivity index (χ4v) is 2.61. The number of ether oxygens (including phenoxy) is 1. The molecule has 0 amide bonds. The molecule has 0 spiro atoms. The SMILES string of the molecule is CC(C)S(=N)(=O)CC1CCOC1. The highest BCUT2D eigenvalue weighted by molar-refractivity contribution is 7.92. The summed E-state index contributed by atoms with van der Waals surface area (Å²) in [7, 11) is -2.36. The maximum atomic E-state index is 11.7. The second-order valence-corrected chi connectivity index (χ2v) is 6.40. The topological polar surface area (TPSA) is 50.2 Å². The zero-order chi connectivity index (χ0) is 9.19. The van der Waals surface area contributed by atoms with Gasteiger partial charge < -0.3 is 4.74 Å². The van der Waals surface area contributed by atoms with Crippen molar-refractivity contribution in [1.82, 2.24) is 0 Å². The highest BCUT2D eigenvalue weighted by atomic mass is 32.2. The van der Waals surface area contributed by atoms with E-state index in [9.17, 15) is 4.21 Å². The Balaban J connectivity index is 2.49. The summed E-state index contributed by atoms with van der Waals surface area (Å²) in [6.07, 6.45) is 0.975. The Hall–Kier alpha value is -0.0900. The lowest BCUT2D eigenvalue weighted by atomic mass is 10.2. The maximum absolute atomic E-state index is 11.7. The van der Waals surface area contributed by atoms with Gasteiger partial charge in [0.15, 0.2) is 0 Å². The van der Waals surface area contributed by atoms with Gasteiger partial charge in [0, 0.05) is 27.3 Å². The maximum Gasteiger partial charge on any atom is 0.0504 e. The van der Waals surface area contributed by atoms with E-state index in [-0.39, 0.29) is 5.25 Å². The van der Waals surface area contributed by atoms with Crippen molar-refractivity contribution in [2.24, 2.45) is 5.92 Å². The first kappa shape index (κ1) is 9.99. The molecule has 3 nitrogen and oxygen atoms in total. The molecule has 0 aromatic rings. The lowest BCUT2D eigenvalue weighted by Gasteiger charge is -2.14. The third-order valence-corrected chi connectivity index (χ3v) is 4.76. The van der Waals surface area contributed by atoms with Gasteiger partial charge in [-0.05, 0) is 12.3 Å². The summed E-state index contributed by atoms with van der Waals surface area (Å²) >= 11 is 0. The second kappa shape index (κ2) is 3.75. The first-order valence-electron chi connectivity index (χ1n) is 4.35. The van der Waals surface area contributed by atoms with Gasteiger partial charge in [-0.25, -0.2) is 4.21 Å². The van der Waals surface area contributed by atoms with Gasteiger partial charge in [-0.2, -0.15) is 0 Å². The van der Waals surface area contributed by atoms with E-state index < -0.39 is 9.73 Å². The van der Waals surface area contributed by atoms with Gasteiger partial charge in [-0.3, -0.25) is 4.78 Å². The third-order valence-electron chi connectivity index (χ3n) is 2.27. The van der Waals surface area contributed by atoms with Gasteiger partial charge in [0.1, 0.15) is 0 Å². The highest BCUT2D eigenvalue weighted by Crippen LogP contribution is 2.17. The lowest BCUT2D eigenvalue weighted by Crippen LogP contribution is -2.22. The van der Waals surface area contributed by atoms with E-state index in [2.05, 4.69) is 0 Å². The Labute approximate surface area is 74.5 Å². The molecule has 1 saturated heterocycles. The van der Waals surface area contributed by atoms with E-state index in [1.54, 1.807) is 0 Å². The van der Waals surface area contributed by atoms with Gasteiger partial charge in [-0.1, -0.05) is 13.8 Å². The second-order valence-electron chi connectivity index (χ2n) is 3.67. The zero-order valence-electron chi connectivity index (χ0n) is 7.71. The standard InChI is InChI=1S/C8H17NO2S/c1-7(2)12(9,10)6-8-3-4-11-5-8/h7-9H,3-6H2,1-2H3. The lowest BCUT2D eigenvalue weighted by molar-refractivity contribution is 0.188. The molecule has 0 saturated carbocycles. The summed E-state index contributed by atoms with van der Waals surface area (Å²) in [6, 6.07) is 0. The van der Waals surface area contributed by atoms with Crippen molar-refractivity contribution in [2.45, 2.75) is 25.5 Å². The molecule has 1 aliphatic rings. The van der Waals surface area contributed by atoms with Crippen LogP contribution in [0.15, 0.2) is 0 Å². The Bertz CT molecular complexity index is 227. The molecule has 1 heterocycles. The molecule has 1 fully saturated rings. The molecule has 0 aliphatic carbocycles. The van der Waals surface area contributed by atoms with Gasteiger partial charge >= 0.3 is 0 Å². The van der Waals surface area contributed by atoms with E-state index in [0.717, 1.165) is 13.0 Å². The smallest absolute Gasteiger partial charge is 0.0504 e. The molecule has 12 heavy (non-hydrogen) atoms. The quantitative estimate of drug-likeness (QED) is 0.734. The van der Waals surface area contributed by atoms with E-state index in [4.69, 9.17) is 9.52 Å². The highest BCUT2D eigenvalue weighted by Gasteiger charge is 2.22. The van der Waals surface area contributed by atoms with Crippen LogP contribution in [0.3, 0.4) is 0 Å². The van der Waals surface area contributed by atoms with Crippen molar-refractivity contribution >= 4 is 9.73 Å². The van der Waals surface area contributed by atoms with Crippen LogP contribution in [-0.2, 0) is 14.5 Å². The molecule has 1 aliphatic heterocycles. The zero-order valence-corrected chi connectivity index (χ0v) is 8.52. The first-order chi connectivity index (χ1) is 5.52. The minimum Gasteiger partial charge on any atom is -0.381 e. The van der Waals surface area contributed by atoms with Crippen molar-refractivity contribution in [3.8, 4) is 0 Å². The number of nitrogens with one attached hydrogen (secondary N) is 1. The van der Waals surface area contributed by atoms with E-state index in [1.165, 1.54) is 0 Å². The molecule has 0 bridgehead atoms. The Morgan fingerprint density at radius 2 is 2.33 bits per heavy atom. The average Bonchev–Trinajstić information content (AvgIpc) is 2.38. The first-order valence-corrected chi connectivity index (χ1v) is 6.14. The van der Waals surface area contributed by atoms with Crippen LogP contribution in [0.5, 0.6) is 0 Å². The summed E-state index contributed by atoms with van der Waals surface area (Å²) < 4.78 is 24.4. The normalized spacial score (nSPS) is 29.1. The average molecular weight is 191 g/mol. The van der Waals surface area contributed by atoms with Crippen molar-refractivity contribution in [1.29, 1.82) is 4.78 Å². The van der Waals surface area contributed by atoms with Crippen LogP contribution in [0.1, 0.15) is 20.3 Å². The van der Waals surface area contributed by atoms with E-state index >= 15 is 0 Å². The van der Waals surface area contributed by atoms with Crippen LogP contribution in [0.4, 0.5) is 0 Å². The molecule has 2 unspecified atom stereocenters. The number of hydrogen-bond acceptors (Lipinski definition) is 3. The molecular formula is C8H17NO2S. The molecule has 2 atom stereocenters. The van der Waals surface area contributed by atoms with Crippen molar-refractivity contribution in [3.63, 3.8) is 0 Å². The molecule has 0 aromatic heterocycles. The molecule has 4 heteroatoms. The minimum absolute atomic E-state index is 0.0295. The summed E-state index contributed by atoms with van der Waals surface area (Å²) in [6.45, 7) is 5.18. The molecule has 1 rings (SSSR count). The van der Waals surface area contributed by atoms with Gasteiger partial charge in [0.05, 0.1) is 6.61 Å². The predicted molar refractivity (Wildman–Crippen MR) is 49.8 cm³/mol. The van der Waals surface area contributed by atoms with Gasteiger partial charge in [0.25, 0.3) is 0 Å². The molecular weight excluding hydrogens is 174 g/mol. The van der Waals surface area contributed by atoms with E-state index in [0.29, 0.717) is 18.3 Å². The van der Waals surface area contributed by atoms with Gasteiger partial charge in [-0.15, -0.1) is 0 Å². The Kier molecular flexibility index (Phi) is 3.12. The van der Waals surface area contributed by atoms with Crippen LogP contribution in [-0.4, -0.2) is 28.4 Å². The van der Waals surface area contributed by atoms with Crippen LogP contribution in [0.2, 0.25) is 0 Å². The van der Waals surface area contributed by atoms with Crippen molar-refractivity contribution in [2.75, 3.05) is 19.0 Å². The Morgan fingerprint density at radius 3 is 2.75 bits per heavy atom. The summed E-state index contributed by atoms with van der Waals surface area (Å²) in [5.74, 6) is 0.877. The summed E-state index contributed by atoms with van der Waals surface area (Å²) in [5.41, 5.74) is 0. The summed E-state index contributed by atoms with van der Waals surface area (Å²) in [4.78, 5) is 0. The molecule has 1 N–H and O–H groups in total. The summed E-state index contributed by atoms with van der Waals surface area (Å²) in [5, 5.41) is -0.0295. The van der Waals surface area contributed by atoms with Crippen molar-refractivity contribution < 1.29 is 8.95 Å². The minimum atomic E-state index is -2.36. The molecule has 0 aromatic carbocycles. The van der Waals surface area contributed by atoms with Crippen LogP contribution in [0.25, 0.3) is 0 Å². The van der Waals surface area contributed by atoms with E-state index in [1.807, 2.05) is 13.8 Å². The third kappa shape index (κ3) is 2.45. The van der Waals surface area contributed by atoms with Crippen LogP contribution >= 0.6 is 0 Å². The fraction of sp³-hybridized carbons (Fsp3) is 1.00. The number of hydrogen-bond donors (Lipinski definition) is 1. The van der Waals surface area contributed by atoms with Crippen LogP contribution < -0.4 is 0 Å². The molecule has 0 radical (unpaired) electrons. The predicted octanol–water partition coefficient (Wildman–Crippen LogP) is 1.48. The van der Waals surface area contributed by atoms with Crippen LogP contribution in [0, 0.1) is 10.7 Å².